The first-order chi connectivity index (χ1) is 14.6. The van der Waals surface area contributed by atoms with Crippen LogP contribution in [0.5, 0.6) is 0 Å². The number of fused-ring (bicyclic) bond motifs is 1. The zero-order valence-corrected chi connectivity index (χ0v) is 18.1. The van der Waals surface area contributed by atoms with Crippen LogP contribution in [0.25, 0.3) is 16.7 Å². The van der Waals surface area contributed by atoms with Gasteiger partial charge < -0.3 is 10.4 Å². The fourth-order valence-corrected chi connectivity index (χ4v) is 5.29. The second-order valence-electron chi connectivity index (χ2n) is 9.18. The number of aryl methyl sites for hydroxylation is 2. The number of nitrogens with one attached hydrogen (secondary N) is 2. The van der Waals surface area contributed by atoms with Crippen LogP contribution in [0.1, 0.15) is 76.0 Å². The third kappa shape index (κ3) is 3.48. The van der Waals surface area contributed by atoms with Crippen molar-refractivity contribution in [3.63, 3.8) is 0 Å². The molecule has 0 aromatic carbocycles. The molecule has 3 N–H and O–H groups in total. The molecule has 30 heavy (non-hydrogen) atoms. The van der Waals surface area contributed by atoms with Crippen molar-refractivity contribution in [2.24, 2.45) is 0 Å². The van der Waals surface area contributed by atoms with Crippen molar-refractivity contribution < 1.29 is 9.94 Å². The van der Waals surface area contributed by atoms with E-state index in [0.29, 0.717) is 6.04 Å². The molecule has 1 aliphatic heterocycles. The van der Waals surface area contributed by atoms with Gasteiger partial charge in [-0.1, -0.05) is 19.3 Å². The molecular formula is C23H33N5O2. The quantitative estimate of drug-likeness (QED) is 0.704. The lowest BCUT2D eigenvalue weighted by atomic mass is 9.83. The molecule has 2 aliphatic carbocycles. The van der Waals surface area contributed by atoms with Gasteiger partial charge in [0.1, 0.15) is 5.60 Å². The molecular weight excluding hydrogens is 378 g/mol. The fraction of sp³-hybridized carbons (Fsp3) is 0.652. The smallest absolute Gasteiger partial charge is 0.160 e. The van der Waals surface area contributed by atoms with Crippen LogP contribution in [0.3, 0.4) is 0 Å². The number of pyridine rings is 1. The molecule has 2 aromatic rings. The van der Waals surface area contributed by atoms with E-state index in [1.165, 1.54) is 32.1 Å². The van der Waals surface area contributed by atoms with Gasteiger partial charge >= 0.3 is 0 Å². The van der Waals surface area contributed by atoms with E-state index in [9.17, 15) is 5.11 Å². The largest absolute Gasteiger partial charge is 0.393 e. The molecule has 1 spiro atoms. The van der Waals surface area contributed by atoms with E-state index >= 15 is 0 Å². The summed E-state index contributed by atoms with van der Waals surface area (Å²) in [5, 5.41) is 19.6. The van der Waals surface area contributed by atoms with E-state index in [1.54, 1.807) is 0 Å². The summed E-state index contributed by atoms with van der Waals surface area (Å²) in [6, 6.07) is 0.481. The first kappa shape index (κ1) is 19.8. The molecule has 0 saturated heterocycles. The van der Waals surface area contributed by atoms with Crippen LogP contribution >= 0.6 is 0 Å². The number of hydrogen-bond donors (Lipinski definition) is 3. The summed E-state index contributed by atoms with van der Waals surface area (Å²) in [6.45, 7) is 4.98. The Morgan fingerprint density at radius 2 is 2.00 bits per heavy atom. The van der Waals surface area contributed by atoms with Crippen molar-refractivity contribution in [1.29, 1.82) is 0 Å². The third-order valence-electron chi connectivity index (χ3n) is 7.05. The Morgan fingerprint density at radius 3 is 2.73 bits per heavy atom. The van der Waals surface area contributed by atoms with Crippen molar-refractivity contribution in [2.45, 2.75) is 95.9 Å². The van der Waals surface area contributed by atoms with Crippen LogP contribution in [-0.2, 0) is 11.4 Å². The number of hydroxylamine groups is 1. The molecule has 0 bridgehead atoms. The summed E-state index contributed by atoms with van der Waals surface area (Å²) in [5.41, 5.74) is 7.97. The zero-order valence-electron chi connectivity index (χ0n) is 18.1. The van der Waals surface area contributed by atoms with Crippen LogP contribution in [-0.4, -0.2) is 37.6 Å². The minimum absolute atomic E-state index is 0.208. The van der Waals surface area contributed by atoms with Gasteiger partial charge in [-0.3, -0.25) is 10.3 Å². The molecule has 7 heteroatoms. The molecule has 2 saturated carbocycles. The summed E-state index contributed by atoms with van der Waals surface area (Å²) in [4.78, 5) is 10.9. The van der Waals surface area contributed by atoms with Crippen molar-refractivity contribution in [2.75, 3.05) is 5.32 Å². The average Bonchev–Trinajstić information content (AvgIpc) is 3.33. The van der Waals surface area contributed by atoms with Gasteiger partial charge in [0.15, 0.2) is 5.65 Å². The maximum Gasteiger partial charge on any atom is 0.160 e. The molecule has 7 nitrogen and oxygen atoms in total. The third-order valence-corrected chi connectivity index (χ3v) is 7.05. The summed E-state index contributed by atoms with van der Waals surface area (Å²) >= 11 is 0. The van der Waals surface area contributed by atoms with Crippen molar-refractivity contribution >= 4 is 22.4 Å². The first-order valence-electron chi connectivity index (χ1n) is 11.6. The van der Waals surface area contributed by atoms with Gasteiger partial charge in [-0.05, 0) is 58.4 Å². The second kappa shape index (κ2) is 7.85. The highest BCUT2D eigenvalue weighted by molar-refractivity contribution is 5.97. The van der Waals surface area contributed by atoms with Crippen molar-refractivity contribution in [1.82, 2.24) is 20.2 Å². The molecule has 5 rings (SSSR count). The molecule has 2 aromatic heterocycles. The maximum absolute atomic E-state index is 9.91. The number of nitrogens with zero attached hydrogens (tertiary/aromatic N) is 3. The van der Waals surface area contributed by atoms with Crippen molar-refractivity contribution in [3.05, 3.63) is 23.5 Å². The van der Waals surface area contributed by atoms with Crippen molar-refractivity contribution in [3.8, 4) is 0 Å². The number of rotatable bonds is 4. The molecule has 3 aliphatic rings. The zero-order chi connectivity index (χ0) is 20.7. The van der Waals surface area contributed by atoms with E-state index in [1.807, 2.05) is 10.9 Å². The minimum Gasteiger partial charge on any atom is -0.393 e. The highest BCUT2D eigenvalue weighted by Gasteiger charge is 2.39. The Balaban J connectivity index is 1.57. The number of aromatic nitrogens is 3. The first-order valence-corrected chi connectivity index (χ1v) is 11.6. The Labute approximate surface area is 177 Å². The lowest BCUT2D eigenvalue weighted by Gasteiger charge is -2.31. The molecule has 0 radical (unpaired) electrons. The fourth-order valence-electron chi connectivity index (χ4n) is 5.29. The van der Waals surface area contributed by atoms with Crippen LogP contribution in [0.4, 0.5) is 5.69 Å². The van der Waals surface area contributed by atoms with E-state index in [-0.39, 0.29) is 11.7 Å². The van der Waals surface area contributed by atoms with Crippen LogP contribution in [0.2, 0.25) is 0 Å². The second-order valence-corrected chi connectivity index (χ2v) is 9.18. The van der Waals surface area contributed by atoms with Gasteiger partial charge in [-0.2, -0.15) is 5.10 Å². The van der Waals surface area contributed by atoms with Gasteiger partial charge in [0, 0.05) is 24.3 Å². The van der Waals surface area contributed by atoms with Gasteiger partial charge in [-0.25, -0.2) is 9.67 Å². The van der Waals surface area contributed by atoms with E-state index in [2.05, 4.69) is 30.7 Å². The normalized spacial score (nSPS) is 27.4. The van der Waals surface area contributed by atoms with Crippen LogP contribution in [0, 0.1) is 6.92 Å². The number of aliphatic hydroxyl groups is 1. The topological polar surface area (TPSA) is 84.2 Å². The average molecular weight is 412 g/mol. The van der Waals surface area contributed by atoms with E-state index < -0.39 is 0 Å². The maximum atomic E-state index is 9.91. The Hall–Kier alpha value is -2.12. The summed E-state index contributed by atoms with van der Waals surface area (Å²) in [5.74, 6) is 0. The minimum atomic E-state index is -0.325. The molecule has 0 unspecified atom stereocenters. The Kier molecular flexibility index (Phi) is 5.19. The summed E-state index contributed by atoms with van der Waals surface area (Å²) < 4.78 is 1.98. The molecule has 0 atom stereocenters. The molecule has 2 fully saturated rings. The van der Waals surface area contributed by atoms with E-state index in [0.717, 1.165) is 65.9 Å². The Morgan fingerprint density at radius 1 is 1.23 bits per heavy atom. The number of anilines is 1. The highest BCUT2D eigenvalue weighted by Crippen LogP contribution is 2.41. The van der Waals surface area contributed by atoms with Gasteiger partial charge in [0.25, 0.3) is 0 Å². The Bertz CT molecular complexity index is 952. The molecule has 3 heterocycles. The lowest BCUT2D eigenvalue weighted by molar-refractivity contribution is -0.0743. The predicted molar refractivity (Wildman–Crippen MR) is 118 cm³/mol. The summed E-state index contributed by atoms with van der Waals surface area (Å²) in [6.07, 6.45) is 13.5. The number of hydrogen-bond acceptors (Lipinski definition) is 6. The number of aliphatic hydroxyl groups excluding tert-OH is 1. The predicted octanol–water partition coefficient (Wildman–Crippen LogP) is 4.05. The summed E-state index contributed by atoms with van der Waals surface area (Å²) in [7, 11) is 0. The van der Waals surface area contributed by atoms with E-state index in [4.69, 9.17) is 14.9 Å². The SMILES string of the molecule is CCn1nc(C)c2c(NC3CCCCC3)c(C3=CC4(CCC(O)CC4)ON3)cnc21. The standard InChI is InChI=1S/C23H33N5O2/c1-3-28-22-20(15(2)26-28)21(25-16-7-5-4-6-8-16)18(14-24-22)19-13-23(30-27-19)11-9-17(29)10-12-23/h13-14,16-17,27,29H,3-12H2,1-2H3,(H,24,25). The van der Waals surface area contributed by atoms with Crippen LogP contribution in [0.15, 0.2) is 12.3 Å². The van der Waals surface area contributed by atoms with Gasteiger partial charge in [0.2, 0.25) is 0 Å². The van der Waals surface area contributed by atoms with Crippen LogP contribution < -0.4 is 10.8 Å². The molecule has 162 valence electrons. The molecule has 0 amide bonds. The van der Waals surface area contributed by atoms with Gasteiger partial charge in [0.05, 0.1) is 28.6 Å². The van der Waals surface area contributed by atoms with Gasteiger partial charge in [-0.15, -0.1) is 0 Å². The monoisotopic (exact) mass is 411 g/mol. The highest BCUT2D eigenvalue weighted by atomic mass is 16.7. The lowest BCUT2D eigenvalue weighted by Crippen LogP contribution is -2.36.